The summed E-state index contributed by atoms with van der Waals surface area (Å²) in [5, 5.41) is 6.38. The van der Waals surface area contributed by atoms with E-state index in [2.05, 4.69) is 26.6 Å². The molecule has 0 saturated heterocycles. The summed E-state index contributed by atoms with van der Waals surface area (Å²) in [7, 11) is 1.73. The maximum absolute atomic E-state index is 12.2. The van der Waals surface area contributed by atoms with Crippen molar-refractivity contribution < 1.29 is 9.59 Å². The first kappa shape index (κ1) is 21.4. The summed E-state index contributed by atoms with van der Waals surface area (Å²) < 4.78 is 0.958. The van der Waals surface area contributed by atoms with Gasteiger partial charge in [-0.05, 0) is 56.3 Å². The molecule has 0 fully saturated rings. The number of hydrogen-bond acceptors (Lipinski definition) is 3. The van der Waals surface area contributed by atoms with E-state index >= 15 is 0 Å². The molecule has 0 radical (unpaired) electrons. The van der Waals surface area contributed by atoms with Gasteiger partial charge in [0, 0.05) is 15.2 Å². The van der Waals surface area contributed by atoms with Gasteiger partial charge < -0.3 is 10.6 Å². The van der Waals surface area contributed by atoms with Gasteiger partial charge in [0.05, 0.1) is 19.1 Å². The van der Waals surface area contributed by atoms with Crippen molar-refractivity contribution in [2.24, 2.45) is 0 Å². The van der Waals surface area contributed by atoms with Gasteiger partial charge in [0.1, 0.15) is 0 Å². The smallest absolute Gasteiger partial charge is 0.238 e. The van der Waals surface area contributed by atoms with Gasteiger partial charge in [0.2, 0.25) is 11.8 Å². The molecule has 0 aromatic heterocycles. The SMILES string of the molecule is Cc1cc(Br)ccc1NC(=O)CN(C)CC(=O)NC(C)c1ccccc1Cl. The van der Waals surface area contributed by atoms with Gasteiger partial charge in [0.15, 0.2) is 0 Å². The van der Waals surface area contributed by atoms with Crippen LogP contribution in [0.2, 0.25) is 5.02 Å². The number of rotatable bonds is 7. The molecular weight excluding hydrogens is 430 g/mol. The van der Waals surface area contributed by atoms with E-state index < -0.39 is 0 Å². The van der Waals surface area contributed by atoms with Crippen molar-refractivity contribution in [2.45, 2.75) is 19.9 Å². The number of nitrogens with zero attached hydrogens (tertiary/aromatic N) is 1. The highest BCUT2D eigenvalue weighted by Crippen LogP contribution is 2.22. The summed E-state index contributed by atoms with van der Waals surface area (Å²) >= 11 is 9.56. The van der Waals surface area contributed by atoms with E-state index in [4.69, 9.17) is 11.6 Å². The number of halogens is 2. The van der Waals surface area contributed by atoms with E-state index in [0.29, 0.717) is 5.02 Å². The van der Waals surface area contributed by atoms with Crippen molar-refractivity contribution in [1.82, 2.24) is 10.2 Å². The zero-order valence-corrected chi connectivity index (χ0v) is 17.9. The zero-order chi connectivity index (χ0) is 20.0. The Hall–Kier alpha value is -1.89. The predicted octanol–water partition coefficient (Wildman–Crippen LogP) is 4.16. The largest absolute Gasteiger partial charge is 0.348 e. The van der Waals surface area contributed by atoms with Gasteiger partial charge in [0.25, 0.3) is 0 Å². The molecule has 1 unspecified atom stereocenters. The lowest BCUT2D eigenvalue weighted by atomic mass is 10.1. The molecule has 1 atom stereocenters. The fraction of sp³-hybridized carbons (Fsp3) is 0.300. The van der Waals surface area contributed by atoms with Crippen LogP contribution >= 0.6 is 27.5 Å². The lowest BCUT2D eigenvalue weighted by Gasteiger charge is -2.20. The molecule has 0 aliphatic carbocycles. The van der Waals surface area contributed by atoms with E-state index in [-0.39, 0.29) is 30.9 Å². The molecule has 0 saturated carbocycles. The van der Waals surface area contributed by atoms with Crippen LogP contribution in [0.5, 0.6) is 0 Å². The van der Waals surface area contributed by atoms with Crippen molar-refractivity contribution in [3.05, 3.63) is 63.1 Å². The van der Waals surface area contributed by atoms with E-state index in [1.165, 1.54) is 0 Å². The predicted molar refractivity (Wildman–Crippen MR) is 113 cm³/mol. The Morgan fingerprint density at radius 2 is 1.81 bits per heavy atom. The number of anilines is 1. The molecule has 7 heteroatoms. The first-order valence-corrected chi connectivity index (χ1v) is 9.71. The van der Waals surface area contributed by atoms with Crippen molar-refractivity contribution in [3.63, 3.8) is 0 Å². The average molecular weight is 453 g/mol. The number of nitrogens with one attached hydrogen (secondary N) is 2. The van der Waals surface area contributed by atoms with Crippen molar-refractivity contribution >= 4 is 45.0 Å². The quantitative estimate of drug-likeness (QED) is 0.663. The molecule has 5 nitrogen and oxygen atoms in total. The molecule has 0 aliphatic rings. The van der Waals surface area contributed by atoms with Crippen molar-refractivity contribution in [2.75, 3.05) is 25.5 Å². The van der Waals surface area contributed by atoms with Crippen molar-refractivity contribution in [1.29, 1.82) is 0 Å². The van der Waals surface area contributed by atoms with Gasteiger partial charge in [-0.15, -0.1) is 0 Å². The summed E-state index contributed by atoms with van der Waals surface area (Å²) in [6.45, 7) is 4.03. The third-order valence-corrected chi connectivity index (χ3v) is 4.88. The highest BCUT2D eigenvalue weighted by atomic mass is 79.9. The second-order valence-electron chi connectivity index (χ2n) is 6.49. The lowest BCUT2D eigenvalue weighted by Crippen LogP contribution is -2.39. The Labute approximate surface area is 173 Å². The Morgan fingerprint density at radius 1 is 1.15 bits per heavy atom. The number of benzene rings is 2. The number of amides is 2. The number of aryl methyl sites for hydroxylation is 1. The molecule has 144 valence electrons. The summed E-state index contributed by atoms with van der Waals surface area (Å²) in [5.41, 5.74) is 2.58. The number of hydrogen-bond donors (Lipinski definition) is 2. The van der Waals surface area contributed by atoms with Crippen LogP contribution in [0.25, 0.3) is 0 Å². The van der Waals surface area contributed by atoms with Crippen LogP contribution in [0.4, 0.5) is 5.69 Å². The van der Waals surface area contributed by atoms with Crippen LogP contribution in [0.15, 0.2) is 46.9 Å². The number of carbonyl (C=O) groups excluding carboxylic acids is 2. The third-order valence-electron chi connectivity index (χ3n) is 4.04. The fourth-order valence-electron chi connectivity index (χ4n) is 2.69. The summed E-state index contributed by atoms with van der Waals surface area (Å²) in [6.07, 6.45) is 0. The second-order valence-corrected chi connectivity index (χ2v) is 7.81. The summed E-state index contributed by atoms with van der Waals surface area (Å²) in [5.74, 6) is -0.340. The van der Waals surface area contributed by atoms with Gasteiger partial charge in [-0.3, -0.25) is 14.5 Å². The monoisotopic (exact) mass is 451 g/mol. The second kappa shape index (κ2) is 9.88. The first-order valence-electron chi connectivity index (χ1n) is 8.54. The number of likely N-dealkylation sites (N-methyl/N-ethyl adjacent to an activating group) is 1. The highest BCUT2D eigenvalue weighted by molar-refractivity contribution is 9.10. The molecule has 0 bridgehead atoms. The van der Waals surface area contributed by atoms with E-state index in [1.54, 1.807) is 18.0 Å². The standard InChI is InChI=1S/C20H23BrClN3O2/c1-13-10-15(21)8-9-18(13)24-20(27)12-25(3)11-19(26)23-14(2)16-6-4-5-7-17(16)22/h4-10,14H,11-12H2,1-3H3,(H,23,26)(H,24,27). The molecule has 2 rings (SSSR count). The molecule has 0 heterocycles. The minimum atomic E-state index is -0.209. The van der Waals surface area contributed by atoms with Crippen molar-refractivity contribution in [3.8, 4) is 0 Å². The van der Waals surface area contributed by atoms with Crippen LogP contribution in [0.1, 0.15) is 24.1 Å². The third kappa shape index (κ3) is 6.65. The van der Waals surface area contributed by atoms with E-state index in [0.717, 1.165) is 21.3 Å². The van der Waals surface area contributed by atoms with Crippen LogP contribution < -0.4 is 10.6 Å². The Bertz CT molecular complexity index is 829. The maximum atomic E-state index is 12.2. The average Bonchev–Trinajstić information content (AvgIpc) is 2.57. The minimum Gasteiger partial charge on any atom is -0.348 e. The molecule has 0 aliphatic heterocycles. The van der Waals surface area contributed by atoms with Crippen LogP contribution in [0.3, 0.4) is 0 Å². The molecule has 2 N–H and O–H groups in total. The molecule has 2 amide bonds. The maximum Gasteiger partial charge on any atom is 0.238 e. The Morgan fingerprint density at radius 3 is 2.48 bits per heavy atom. The summed E-state index contributed by atoms with van der Waals surface area (Å²) in [6, 6.07) is 12.8. The number of carbonyl (C=O) groups is 2. The molecule has 2 aromatic rings. The normalized spacial score (nSPS) is 11.9. The van der Waals surface area contributed by atoms with Crippen LogP contribution in [-0.2, 0) is 9.59 Å². The molecule has 27 heavy (non-hydrogen) atoms. The van der Waals surface area contributed by atoms with Gasteiger partial charge in [-0.2, -0.15) is 0 Å². The molecular formula is C20H23BrClN3O2. The Balaban J connectivity index is 1.83. The Kier molecular flexibility index (Phi) is 7.83. The van der Waals surface area contributed by atoms with Crippen LogP contribution in [0, 0.1) is 6.92 Å². The lowest BCUT2D eigenvalue weighted by molar-refractivity contribution is -0.123. The zero-order valence-electron chi connectivity index (χ0n) is 15.6. The fourth-order valence-corrected chi connectivity index (χ4v) is 3.47. The van der Waals surface area contributed by atoms with Gasteiger partial charge in [-0.25, -0.2) is 0 Å². The molecule has 0 spiro atoms. The van der Waals surface area contributed by atoms with Gasteiger partial charge in [-0.1, -0.05) is 45.7 Å². The first-order chi connectivity index (χ1) is 12.8. The van der Waals surface area contributed by atoms with E-state index in [1.807, 2.05) is 50.2 Å². The molecule has 2 aromatic carbocycles. The minimum absolute atomic E-state index is 0.113. The topological polar surface area (TPSA) is 61.4 Å². The van der Waals surface area contributed by atoms with Crippen LogP contribution in [-0.4, -0.2) is 36.9 Å². The highest BCUT2D eigenvalue weighted by Gasteiger charge is 2.15. The summed E-state index contributed by atoms with van der Waals surface area (Å²) in [4.78, 5) is 26.1. The van der Waals surface area contributed by atoms with Gasteiger partial charge >= 0.3 is 0 Å². The van der Waals surface area contributed by atoms with E-state index in [9.17, 15) is 9.59 Å².